The van der Waals surface area contributed by atoms with Gasteiger partial charge in [0.25, 0.3) is 0 Å². The Bertz CT molecular complexity index is 962. The van der Waals surface area contributed by atoms with E-state index in [-0.39, 0.29) is 11.8 Å². The predicted molar refractivity (Wildman–Crippen MR) is 112 cm³/mol. The smallest absolute Gasteiger partial charge is 0.238 e. The number of fused-ring (bicyclic) bond motifs is 1. The standard InChI is InChI=1S/C22H26N4O2/c1-25(2)16-22(28)24-19-8-5-6-17(14-19)15-23-21(27)11-13-26-12-10-18-7-3-4-9-20(18)26/h3-10,12,14H,11,13,15-16H2,1-2H3,(H,23,27)(H,24,28). The van der Waals surface area contributed by atoms with Crippen molar-refractivity contribution in [3.8, 4) is 0 Å². The molecule has 0 atom stereocenters. The van der Waals surface area contributed by atoms with Crippen molar-refractivity contribution in [2.75, 3.05) is 26.0 Å². The van der Waals surface area contributed by atoms with Gasteiger partial charge in [-0.3, -0.25) is 9.59 Å². The van der Waals surface area contributed by atoms with Crippen molar-refractivity contribution in [1.29, 1.82) is 0 Å². The number of aromatic nitrogens is 1. The Kier molecular flexibility index (Phi) is 6.45. The van der Waals surface area contributed by atoms with Gasteiger partial charge in [0, 0.05) is 36.9 Å². The van der Waals surface area contributed by atoms with Gasteiger partial charge in [-0.25, -0.2) is 0 Å². The molecule has 0 bridgehead atoms. The summed E-state index contributed by atoms with van der Waals surface area (Å²) in [5.41, 5.74) is 2.82. The zero-order valence-electron chi connectivity index (χ0n) is 16.3. The Morgan fingerprint density at radius 1 is 1.00 bits per heavy atom. The number of nitrogens with one attached hydrogen (secondary N) is 2. The summed E-state index contributed by atoms with van der Waals surface area (Å²) in [7, 11) is 3.70. The SMILES string of the molecule is CN(C)CC(=O)Nc1cccc(CNC(=O)CCn2ccc3ccccc32)c1. The third kappa shape index (κ3) is 5.44. The zero-order valence-corrected chi connectivity index (χ0v) is 16.3. The molecule has 0 radical (unpaired) electrons. The van der Waals surface area contributed by atoms with Crippen molar-refractivity contribution in [2.45, 2.75) is 19.5 Å². The van der Waals surface area contributed by atoms with Crippen molar-refractivity contribution in [1.82, 2.24) is 14.8 Å². The number of nitrogens with zero attached hydrogens (tertiary/aromatic N) is 2. The molecule has 0 unspecified atom stereocenters. The average Bonchev–Trinajstić information content (AvgIpc) is 3.07. The first-order valence-corrected chi connectivity index (χ1v) is 9.35. The van der Waals surface area contributed by atoms with Gasteiger partial charge in [0.2, 0.25) is 11.8 Å². The third-order valence-electron chi connectivity index (χ3n) is 4.42. The molecule has 0 fully saturated rings. The Labute approximate surface area is 165 Å². The van der Waals surface area contributed by atoms with Gasteiger partial charge in [-0.1, -0.05) is 30.3 Å². The molecule has 3 rings (SSSR count). The average molecular weight is 378 g/mol. The van der Waals surface area contributed by atoms with Crippen molar-refractivity contribution in [3.05, 3.63) is 66.4 Å². The number of anilines is 1. The molecule has 0 saturated heterocycles. The lowest BCUT2D eigenvalue weighted by Gasteiger charge is -2.11. The highest BCUT2D eigenvalue weighted by atomic mass is 16.2. The van der Waals surface area contributed by atoms with Gasteiger partial charge >= 0.3 is 0 Å². The maximum absolute atomic E-state index is 12.2. The van der Waals surface area contributed by atoms with Crippen molar-refractivity contribution in [2.24, 2.45) is 0 Å². The summed E-state index contributed by atoms with van der Waals surface area (Å²) in [5, 5.41) is 6.99. The number of hydrogen-bond acceptors (Lipinski definition) is 3. The maximum atomic E-state index is 12.2. The molecule has 6 nitrogen and oxygen atoms in total. The minimum Gasteiger partial charge on any atom is -0.352 e. The van der Waals surface area contributed by atoms with Gasteiger partial charge in [0.15, 0.2) is 0 Å². The largest absolute Gasteiger partial charge is 0.352 e. The fourth-order valence-corrected chi connectivity index (χ4v) is 3.09. The molecule has 0 aliphatic heterocycles. The molecule has 3 aromatic rings. The summed E-state index contributed by atoms with van der Waals surface area (Å²) in [5.74, 6) is -0.0648. The van der Waals surface area contributed by atoms with Crippen LogP contribution in [0.15, 0.2) is 60.8 Å². The van der Waals surface area contributed by atoms with Gasteiger partial charge in [-0.2, -0.15) is 0 Å². The summed E-state index contributed by atoms with van der Waals surface area (Å²) in [6.45, 7) is 1.40. The van der Waals surface area contributed by atoms with E-state index >= 15 is 0 Å². The normalized spacial score (nSPS) is 11.0. The molecule has 1 aromatic heterocycles. The van der Waals surface area contributed by atoms with Crippen LogP contribution in [0.3, 0.4) is 0 Å². The number of hydrogen-bond donors (Lipinski definition) is 2. The highest BCUT2D eigenvalue weighted by molar-refractivity contribution is 5.92. The number of carbonyl (C=O) groups is 2. The highest BCUT2D eigenvalue weighted by Gasteiger charge is 2.07. The van der Waals surface area contributed by atoms with E-state index in [0.717, 1.165) is 16.8 Å². The number of benzene rings is 2. The van der Waals surface area contributed by atoms with Crippen LogP contribution in [0, 0.1) is 0 Å². The summed E-state index contributed by atoms with van der Waals surface area (Å²) in [4.78, 5) is 25.9. The lowest BCUT2D eigenvalue weighted by Crippen LogP contribution is -2.27. The minimum absolute atomic E-state index is 0.000160. The van der Waals surface area contributed by atoms with Crippen LogP contribution in [-0.2, 0) is 22.7 Å². The molecule has 2 N–H and O–H groups in total. The Hall–Kier alpha value is -3.12. The van der Waals surface area contributed by atoms with Crippen LogP contribution in [0.1, 0.15) is 12.0 Å². The first kappa shape index (κ1) is 19.6. The van der Waals surface area contributed by atoms with Gasteiger partial charge < -0.3 is 20.1 Å². The van der Waals surface area contributed by atoms with Gasteiger partial charge in [0.1, 0.15) is 0 Å². The van der Waals surface area contributed by atoms with E-state index in [0.29, 0.717) is 26.1 Å². The van der Waals surface area contributed by atoms with Crippen LogP contribution in [0.25, 0.3) is 10.9 Å². The van der Waals surface area contributed by atoms with Crippen molar-refractivity contribution >= 4 is 28.4 Å². The first-order valence-electron chi connectivity index (χ1n) is 9.35. The fourth-order valence-electron chi connectivity index (χ4n) is 3.09. The topological polar surface area (TPSA) is 66.4 Å². The van der Waals surface area contributed by atoms with Crippen LogP contribution in [0.4, 0.5) is 5.69 Å². The molecule has 0 aliphatic carbocycles. The Balaban J connectivity index is 1.49. The number of para-hydroxylation sites is 1. The van der Waals surface area contributed by atoms with Crippen LogP contribution >= 0.6 is 0 Å². The fraction of sp³-hybridized carbons (Fsp3) is 0.273. The third-order valence-corrected chi connectivity index (χ3v) is 4.42. The molecule has 1 heterocycles. The molecular formula is C22H26N4O2. The molecule has 6 heteroatoms. The lowest BCUT2D eigenvalue weighted by atomic mass is 10.2. The van der Waals surface area contributed by atoms with Crippen molar-refractivity contribution in [3.63, 3.8) is 0 Å². The van der Waals surface area contributed by atoms with E-state index in [2.05, 4.69) is 33.4 Å². The van der Waals surface area contributed by atoms with E-state index in [9.17, 15) is 9.59 Å². The molecule has 146 valence electrons. The summed E-state index contributed by atoms with van der Waals surface area (Å²) >= 11 is 0. The second-order valence-electron chi connectivity index (χ2n) is 7.08. The van der Waals surface area contributed by atoms with Gasteiger partial charge in [-0.05, 0) is 49.3 Å². The predicted octanol–water partition coefficient (Wildman–Crippen LogP) is 2.85. The van der Waals surface area contributed by atoms with Crippen LogP contribution in [0.2, 0.25) is 0 Å². The molecule has 28 heavy (non-hydrogen) atoms. The number of amides is 2. The van der Waals surface area contributed by atoms with Crippen LogP contribution < -0.4 is 10.6 Å². The van der Waals surface area contributed by atoms with Crippen molar-refractivity contribution < 1.29 is 9.59 Å². The summed E-state index contributed by atoms with van der Waals surface area (Å²) < 4.78 is 2.09. The second-order valence-corrected chi connectivity index (χ2v) is 7.08. The molecule has 0 saturated carbocycles. The maximum Gasteiger partial charge on any atom is 0.238 e. The van der Waals surface area contributed by atoms with E-state index in [1.54, 1.807) is 0 Å². The zero-order chi connectivity index (χ0) is 19.9. The highest BCUT2D eigenvalue weighted by Crippen LogP contribution is 2.15. The molecule has 0 aliphatic rings. The summed E-state index contributed by atoms with van der Waals surface area (Å²) in [6.07, 6.45) is 2.43. The monoisotopic (exact) mass is 378 g/mol. The Morgan fingerprint density at radius 2 is 1.82 bits per heavy atom. The van der Waals surface area contributed by atoms with Gasteiger partial charge in [-0.15, -0.1) is 0 Å². The lowest BCUT2D eigenvalue weighted by molar-refractivity contribution is -0.121. The molecular weight excluding hydrogens is 352 g/mol. The number of rotatable bonds is 8. The second kappa shape index (κ2) is 9.19. The quantitative estimate of drug-likeness (QED) is 0.633. The Morgan fingerprint density at radius 3 is 2.64 bits per heavy atom. The van der Waals surface area contributed by atoms with E-state index in [1.165, 1.54) is 5.39 Å². The minimum atomic E-state index is -0.0647. The number of carbonyl (C=O) groups excluding carboxylic acids is 2. The molecule has 0 spiro atoms. The summed E-state index contributed by atoms with van der Waals surface area (Å²) in [6, 6.07) is 17.7. The molecule has 2 amide bonds. The van der Waals surface area contributed by atoms with E-state index in [1.807, 2.05) is 61.6 Å². The molecule has 2 aromatic carbocycles. The van der Waals surface area contributed by atoms with E-state index in [4.69, 9.17) is 0 Å². The van der Waals surface area contributed by atoms with Gasteiger partial charge in [0.05, 0.1) is 6.54 Å². The number of aryl methyl sites for hydroxylation is 1. The van der Waals surface area contributed by atoms with Crippen LogP contribution in [0.5, 0.6) is 0 Å². The number of likely N-dealkylation sites (N-methyl/N-ethyl adjacent to an activating group) is 1. The first-order chi connectivity index (χ1) is 13.5. The van der Waals surface area contributed by atoms with Crippen LogP contribution in [-0.4, -0.2) is 41.9 Å². The van der Waals surface area contributed by atoms with E-state index < -0.39 is 0 Å².